The first-order chi connectivity index (χ1) is 17.6. The zero-order chi connectivity index (χ0) is 24.9. The summed E-state index contributed by atoms with van der Waals surface area (Å²) in [5.41, 5.74) is 2.58. The van der Waals surface area contributed by atoms with Crippen molar-refractivity contribution in [1.82, 2.24) is 0 Å². The molecular weight excluding hydrogens is 460 g/mol. The predicted molar refractivity (Wildman–Crippen MR) is 148 cm³/mol. The molecule has 3 heteroatoms. The summed E-state index contributed by atoms with van der Waals surface area (Å²) in [6.45, 7) is 2.03. The fourth-order valence-electron chi connectivity index (χ4n) is 4.12. The summed E-state index contributed by atoms with van der Waals surface area (Å²) in [6, 6.07) is 38.7. The molecule has 0 atom stereocenters. The number of carbonyl (C=O) groups is 1. The minimum absolute atomic E-state index is 0.194. The molecule has 0 saturated heterocycles. The highest BCUT2D eigenvalue weighted by Gasteiger charge is 2.34. The van der Waals surface area contributed by atoms with Gasteiger partial charge in [-0.15, -0.1) is 0 Å². The molecule has 0 heterocycles. The number of aryl methyl sites for hydroxylation is 1. The number of hydrogen-bond acceptors (Lipinski definition) is 2. The van der Waals surface area contributed by atoms with E-state index in [2.05, 4.69) is 60.4 Å². The van der Waals surface area contributed by atoms with E-state index in [9.17, 15) is 4.79 Å². The van der Waals surface area contributed by atoms with Crippen LogP contribution in [0, 0.1) is 18.8 Å². The van der Waals surface area contributed by atoms with Crippen molar-refractivity contribution in [3.05, 3.63) is 132 Å². The zero-order valence-electron chi connectivity index (χ0n) is 20.2. The highest BCUT2D eigenvalue weighted by atomic mass is 32.2. The van der Waals surface area contributed by atoms with Crippen LogP contribution < -0.4 is 4.74 Å². The summed E-state index contributed by atoms with van der Waals surface area (Å²) in [4.78, 5) is 16.4. The molecule has 2 nitrogen and oxygen atoms in total. The highest BCUT2D eigenvalue weighted by Crippen LogP contribution is 2.41. The molecule has 0 radical (unpaired) electrons. The van der Waals surface area contributed by atoms with Crippen LogP contribution in [0.25, 0.3) is 10.8 Å². The average molecular weight is 486 g/mol. The Morgan fingerprint density at radius 2 is 1.39 bits per heavy atom. The van der Waals surface area contributed by atoms with Crippen LogP contribution in [0.15, 0.2) is 130 Å². The van der Waals surface area contributed by atoms with E-state index in [-0.39, 0.29) is 16.7 Å². The summed E-state index contributed by atoms with van der Waals surface area (Å²) >= 11 is 0. The Morgan fingerprint density at radius 3 is 2.00 bits per heavy atom. The van der Waals surface area contributed by atoms with Gasteiger partial charge in [-0.25, -0.2) is 0 Å². The van der Waals surface area contributed by atoms with Crippen LogP contribution in [0.3, 0.4) is 0 Å². The second kappa shape index (κ2) is 10.6. The van der Waals surface area contributed by atoms with Gasteiger partial charge in [-0.3, -0.25) is 4.79 Å². The van der Waals surface area contributed by atoms with Crippen molar-refractivity contribution in [3.63, 3.8) is 0 Å². The number of carbonyl (C=O) groups excluding carboxylic acids is 1. The van der Waals surface area contributed by atoms with Crippen molar-refractivity contribution in [2.24, 2.45) is 0 Å². The Morgan fingerprint density at radius 1 is 0.750 bits per heavy atom. The summed E-state index contributed by atoms with van der Waals surface area (Å²) in [6.07, 6.45) is 0. The van der Waals surface area contributed by atoms with Crippen molar-refractivity contribution in [1.29, 1.82) is 0 Å². The lowest BCUT2D eigenvalue weighted by molar-refractivity contribution is 0.105. The third kappa shape index (κ3) is 4.91. The quantitative estimate of drug-likeness (QED) is 0.146. The van der Waals surface area contributed by atoms with E-state index >= 15 is 0 Å². The molecular formula is C33H25O2S+. The molecule has 5 rings (SSSR count). The second-order valence-corrected chi connectivity index (χ2v) is 10.4. The van der Waals surface area contributed by atoms with E-state index in [4.69, 9.17) is 4.74 Å². The van der Waals surface area contributed by atoms with Crippen LogP contribution in [0.5, 0.6) is 5.75 Å². The van der Waals surface area contributed by atoms with Gasteiger partial charge in [0.2, 0.25) is 10.7 Å². The van der Waals surface area contributed by atoms with Crippen molar-refractivity contribution in [3.8, 4) is 17.6 Å². The van der Waals surface area contributed by atoms with Gasteiger partial charge in [-0.05, 0) is 78.9 Å². The van der Waals surface area contributed by atoms with E-state index in [1.54, 1.807) is 7.11 Å². The standard InChI is InChI=1S/C33H25O2S/c1-24-13-15-25(16-14-24)17-21-31(34)27-18-20-30-26(23-27)19-22-32(35-2)33(30)36(28-9-5-3-6-10-28)29-11-7-4-8-12-29/h3-16,18-20,22-23H,1-2H3/q+1. The Bertz CT molecular complexity index is 1540. The van der Waals surface area contributed by atoms with Crippen LogP contribution in [-0.4, -0.2) is 12.9 Å². The summed E-state index contributed by atoms with van der Waals surface area (Å²) in [5.74, 6) is 6.43. The molecule has 0 spiro atoms. The molecule has 0 aliphatic rings. The van der Waals surface area contributed by atoms with Crippen LogP contribution in [0.1, 0.15) is 21.5 Å². The normalized spacial score (nSPS) is 10.6. The molecule has 0 amide bonds. The smallest absolute Gasteiger partial charge is 0.236 e. The molecule has 0 unspecified atom stereocenters. The first kappa shape index (κ1) is 23.5. The van der Waals surface area contributed by atoms with Gasteiger partial charge in [0.05, 0.1) is 7.11 Å². The summed E-state index contributed by atoms with van der Waals surface area (Å²) < 4.78 is 5.87. The van der Waals surface area contributed by atoms with Crippen LogP contribution in [0.2, 0.25) is 0 Å². The number of methoxy groups -OCH3 is 1. The van der Waals surface area contributed by atoms with Gasteiger partial charge in [-0.2, -0.15) is 0 Å². The Hall–Kier alpha value is -4.26. The summed E-state index contributed by atoms with van der Waals surface area (Å²) in [5, 5.41) is 2.05. The average Bonchev–Trinajstić information content (AvgIpc) is 2.93. The number of hydrogen-bond donors (Lipinski definition) is 0. The molecule has 0 bridgehead atoms. The van der Waals surface area contributed by atoms with Crippen molar-refractivity contribution in [2.45, 2.75) is 21.6 Å². The predicted octanol–water partition coefficient (Wildman–Crippen LogP) is 7.49. The van der Waals surface area contributed by atoms with Gasteiger partial charge in [0.15, 0.2) is 15.5 Å². The maximum atomic E-state index is 12.9. The summed E-state index contributed by atoms with van der Waals surface area (Å²) in [7, 11) is 1.32. The molecule has 36 heavy (non-hydrogen) atoms. The van der Waals surface area contributed by atoms with Gasteiger partial charge in [-0.1, -0.05) is 66.1 Å². The third-order valence-electron chi connectivity index (χ3n) is 5.95. The van der Waals surface area contributed by atoms with Crippen molar-refractivity contribution >= 4 is 27.5 Å². The Labute approximate surface area is 214 Å². The van der Waals surface area contributed by atoms with E-state index < -0.39 is 0 Å². The molecule has 5 aromatic carbocycles. The topological polar surface area (TPSA) is 26.3 Å². The molecule has 0 saturated carbocycles. The van der Waals surface area contributed by atoms with Crippen LogP contribution in [-0.2, 0) is 10.9 Å². The van der Waals surface area contributed by atoms with Crippen molar-refractivity contribution < 1.29 is 9.53 Å². The number of benzene rings is 5. The first-order valence-corrected chi connectivity index (χ1v) is 12.9. The van der Waals surface area contributed by atoms with Gasteiger partial charge >= 0.3 is 0 Å². The monoisotopic (exact) mass is 485 g/mol. The zero-order valence-corrected chi connectivity index (χ0v) is 21.0. The number of Topliss-reactive ketones (excluding diaryl/α,β-unsaturated/α-hetero) is 1. The number of ketones is 1. The van der Waals surface area contributed by atoms with Crippen LogP contribution >= 0.6 is 0 Å². The molecule has 5 aromatic rings. The number of fused-ring (bicyclic) bond motifs is 1. The molecule has 0 aliphatic heterocycles. The van der Waals surface area contributed by atoms with Crippen molar-refractivity contribution in [2.75, 3.05) is 7.11 Å². The van der Waals surface area contributed by atoms with E-state index in [0.29, 0.717) is 5.56 Å². The van der Waals surface area contributed by atoms with E-state index in [1.807, 2.05) is 73.7 Å². The van der Waals surface area contributed by atoms with E-state index in [1.165, 1.54) is 9.79 Å². The maximum Gasteiger partial charge on any atom is 0.236 e. The second-order valence-electron chi connectivity index (χ2n) is 8.41. The lowest BCUT2D eigenvalue weighted by Crippen LogP contribution is -2.08. The third-order valence-corrected chi connectivity index (χ3v) is 8.27. The highest BCUT2D eigenvalue weighted by molar-refractivity contribution is 7.97. The molecule has 0 aromatic heterocycles. The fourth-order valence-corrected chi connectivity index (χ4v) is 6.48. The Balaban J connectivity index is 1.61. The van der Waals surface area contributed by atoms with Gasteiger partial charge in [0, 0.05) is 16.5 Å². The van der Waals surface area contributed by atoms with Crippen LogP contribution in [0.4, 0.5) is 0 Å². The van der Waals surface area contributed by atoms with E-state index in [0.717, 1.165) is 32.5 Å². The van der Waals surface area contributed by atoms with Gasteiger partial charge < -0.3 is 4.74 Å². The minimum atomic E-state index is -0.386. The lowest BCUT2D eigenvalue weighted by atomic mass is 10.0. The van der Waals surface area contributed by atoms with Gasteiger partial charge in [0.1, 0.15) is 10.9 Å². The largest absolute Gasteiger partial charge is 0.491 e. The lowest BCUT2D eigenvalue weighted by Gasteiger charge is -2.14. The SMILES string of the molecule is COc1ccc2cc(C(=O)C#Cc3ccc(C)cc3)ccc2c1[S+](c1ccccc1)c1ccccc1. The number of rotatable bonds is 5. The first-order valence-electron chi connectivity index (χ1n) is 11.7. The Kier molecular flexibility index (Phi) is 6.89. The molecule has 0 N–H and O–H groups in total. The molecule has 174 valence electrons. The van der Waals surface area contributed by atoms with Gasteiger partial charge in [0.25, 0.3) is 0 Å². The maximum absolute atomic E-state index is 12.9. The fraction of sp³-hybridized carbons (Fsp3) is 0.0606. The molecule has 0 aliphatic carbocycles. The minimum Gasteiger partial charge on any atom is -0.491 e. The molecule has 0 fully saturated rings. The number of ether oxygens (including phenoxy) is 1.